The molecule has 3 heterocycles. The number of amides is 1. The van der Waals surface area contributed by atoms with Crippen LogP contribution in [0.5, 0.6) is 0 Å². The number of fused-ring (bicyclic) bond motifs is 2. The van der Waals surface area contributed by atoms with Gasteiger partial charge in [0.15, 0.2) is 4.87 Å². The minimum atomic E-state index is -0.783. The van der Waals surface area contributed by atoms with Gasteiger partial charge in [0.1, 0.15) is 0 Å². The maximum absolute atomic E-state index is 14.1. The zero-order valence-electron chi connectivity index (χ0n) is 17.4. The first-order chi connectivity index (χ1) is 14.4. The molecular weight excluding hydrogens is 388 g/mol. The fourth-order valence-electron chi connectivity index (χ4n) is 5.83. The summed E-state index contributed by atoms with van der Waals surface area (Å²) >= 11 is 1.65. The fraction of sp³-hybridized carbons (Fsp3) is 0.269. The molecule has 2 unspecified atom stereocenters. The summed E-state index contributed by atoms with van der Waals surface area (Å²) in [6, 6.07) is 25.4. The lowest BCUT2D eigenvalue weighted by molar-refractivity contribution is -0.120. The Labute approximate surface area is 181 Å². The van der Waals surface area contributed by atoms with Crippen molar-refractivity contribution >= 4 is 29.0 Å². The van der Waals surface area contributed by atoms with Crippen LogP contribution in [-0.2, 0) is 15.1 Å². The van der Waals surface area contributed by atoms with E-state index in [4.69, 9.17) is 0 Å². The van der Waals surface area contributed by atoms with Crippen LogP contribution in [0.3, 0.4) is 0 Å². The molecule has 3 aromatic rings. The summed E-state index contributed by atoms with van der Waals surface area (Å²) in [5, 5.41) is 3.61. The lowest BCUT2D eigenvalue weighted by atomic mass is 9.65. The van der Waals surface area contributed by atoms with Gasteiger partial charge in [-0.2, -0.15) is 0 Å². The van der Waals surface area contributed by atoms with Gasteiger partial charge in [0, 0.05) is 27.1 Å². The van der Waals surface area contributed by atoms with Crippen molar-refractivity contribution in [3.8, 4) is 0 Å². The molecule has 1 spiro atoms. The van der Waals surface area contributed by atoms with Crippen molar-refractivity contribution < 1.29 is 4.79 Å². The molecule has 0 radical (unpaired) electrons. The van der Waals surface area contributed by atoms with Gasteiger partial charge in [0.05, 0.1) is 5.69 Å². The molecule has 0 aliphatic carbocycles. The topological polar surface area (TPSA) is 32.3 Å². The molecule has 2 atom stereocenters. The van der Waals surface area contributed by atoms with Crippen LogP contribution in [0, 0.1) is 0 Å². The van der Waals surface area contributed by atoms with Gasteiger partial charge in [0.2, 0.25) is 0 Å². The molecule has 150 valence electrons. The third-order valence-electron chi connectivity index (χ3n) is 7.00. The van der Waals surface area contributed by atoms with E-state index in [0.29, 0.717) is 0 Å². The maximum atomic E-state index is 14.1. The first-order valence-electron chi connectivity index (χ1n) is 10.5. The molecule has 1 N–H and O–H groups in total. The number of nitrogens with zero attached hydrogens (tertiary/aromatic N) is 1. The van der Waals surface area contributed by atoms with Gasteiger partial charge in [-0.25, -0.2) is 0 Å². The molecule has 30 heavy (non-hydrogen) atoms. The molecule has 0 aromatic heterocycles. The molecule has 6 rings (SSSR count). The van der Waals surface area contributed by atoms with Crippen LogP contribution in [0.15, 0.2) is 77.7 Å². The number of benzene rings is 3. The van der Waals surface area contributed by atoms with E-state index in [1.54, 1.807) is 11.8 Å². The number of para-hydroxylation sites is 2. The number of hydrogen-bond donors (Lipinski definition) is 1. The van der Waals surface area contributed by atoms with Crippen LogP contribution in [0.25, 0.3) is 0 Å². The van der Waals surface area contributed by atoms with Crippen molar-refractivity contribution in [2.45, 2.75) is 47.9 Å². The quantitative estimate of drug-likeness (QED) is 0.541. The summed E-state index contributed by atoms with van der Waals surface area (Å²) in [4.78, 5) is 16.5. The molecule has 0 fully saturated rings. The Hall–Kier alpha value is -2.72. The molecule has 3 aliphatic heterocycles. The third kappa shape index (κ3) is 2.10. The van der Waals surface area contributed by atoms with Gasteiger partial charge in [0.25, 0.3) is 5.91 Å². The van der Waals surface area contributed by atoms with E-state index in [1.807, 2.05) is 12.1 Å². The second-order valence-electron chi connectivity index (χ2n) is 9.43. The predicted molar refractivity (Wildman–Crippen MR) is 123 cm³/mol. The number of carbonyl (C=O) groups excluding carboxylic acids is 1. The average Bonchev–Trinajstić information content (AvgIpc) is 3.24. The lowest BCUT2D eigenvalue weighted by Gasteiger charge is -2.50. The maximum Gasteiger partial charge on any atom is 0.268 e. The Balaban J connectivity index is 1.62. The van der Waals surface area contributed by atoms with Gasteiger partial charge in [-0.1, -0.05) is 79.3 Å². The van der Waals surface area contributed by atoms with Crippen LogP contribution < -0.4 is 10.2 Å². The number of rotatable bonds is 1. The summed E-state index contributed by atoms with van der Waals surface area (Å²) < 4.78 is 0. The number of thioether (sulfide) groups is 1. The van der Waals surface area contributed by atoms with E-state index in [0.717, 1.165) is 28.3 Å². The predicted octanol–water partition coefficient (Wildman–Crippen LogP) is 5.89. The van der Waals surface area contributed by atoms with Crippen LogP contribution >= 0.6 is 11.8 Å². The summed E-state index contributed by atoms with van der Waals surface area (Å²) in [6.45, 7) is 6.74. The van der Waals surface area contributed by atoms with E-state index in [2.05, 4.69) is 91.7 Å². The zero-order chi connectivity index (χ0) is 20.7. The second kappa shape index (κ2) is 5.70. The van der Waals surface area contributed by atoms with Crippen LogP contribution in [-0.4, -0.2) is 11.4 Å². The number of carbonyl (C=O) groups is 1. The summed E-state index contributed by atoms with van der Waals surface area (Å²) in [5.74, 6) is 0.145. The zero-order valence-corrected chi connectivity index (χ0v) is 18.2. The van der Waals surface area contributed by atoms with E-state index in [1.165, 1.54) is 11.1 Å². The lowest BCUT2D eigenvalue weighted by Crippen LogP contribution is -2.56. The SMILES string of the molecule is CC1(c2ccccc2)CC(C)(C)N2C(=O)C3(Nc4ccccc4S3)c3cccc1c32. The number of hydrogen-bond acceptors (Lipinski definition) is 3. The van der Waals surface area contributed by atoms with E-state index >= 15 is 0 Å². The fourth-order valence-corrected chi connectivity index (χ4v) is 7.15. The molecule has 3 aromatic carbocycles. The minimum Gasteiger partial charge on any atom is -0.358 e. The molecule has 3 nitrogen and oxygen atoms in total. The summed E-state index contributed by atoms with van der Waals surface area (Å²) in [5.41, 5.74) is 5.31. The first-order valence-corrected chi connectivity index (χ1v) is 11.3. The van der Waals surface area contributed by atoms with Crippen molar-refractivity contribution in [3.05, 3.63) is 89.5 Å². The monoisotopic (exact) mass is 412 g/mol. The van der Waals surface area contributed by atoms with Crippen LogP contribution in [0.2, 0.25) is 0 Å². The van der Waals surface area contributed by atoms with Gasteiger partial charge in [-0.15, -0.1) is 0 Å². The van der Waals surface area contributed by atoms with E-state index in [9.17, 15) is 4.79 Å². The molecule has 0 saturated heterocycles. The van der Waals surface area contributed by atoms with Gasteiger partial charge < -0.3 is 10.2 Å². The Kier molecular flexibility index (Phi) is 3.44. The third-order valence-corrected chi connectivity index (χ3v) is 8.38. The van der Waals surface area contributed by atoms with Crippen molar-refractivity contribution in [2.75, 3.05) is 10.2 Å². The Bertz CT molecular complexity index is 1180. The summed E-state index contributed by atoms with van der Waals surface area (Å²) in [7, 11) is 0. The Morgan fingerprint density at radius 1 is 0.867 bits per heavy atom. The first kappa shape index (κ1) is 18.1. The highest BCUT2D eigenvalue weighted by atomic mass is 32.2. The van der Waals surface area contributed by atoms with Gasteiger partial charge in [-0.05, 0) is 43.5 Å². The highest BCUT2D eigenvalue weighted by Gasteiger charge is 2.62. The normalized spacial score (nSPS) is 27.7. The van der Waals surface area contributed by atoms with E-state index < -0.39 is 4.87 Å². The van der Waals surface area contributed by atoms with Gasteiger partial charge >= 0.3 is 0 Å². The highest BCUT2D eigenvalue weighted by molar-refractivity contribution is 8.01. The van der Waals surface area contributed by atoms with Crippen molar-refractivity contribution in [2.24, 2.45) is 0 Å². The summed E-state index contributed by atoms with van der Waals surface area (Å²) in [6.07, 6.45) is 0.875. The van der Waals surface area contributed by atoms with Crippen LogP contribution in [0.1, 0.15) is 43.9 Å². The Morgan fingerprint density at radius 3 is 2.33 bits per heavy atom. The van der Waals surface area contributed by atoms with Crippen molar-refractivity contribution in [1.82, 2.24) is 0 Å². The number of anilines is 2. The standard InChI is InChI=1S/C26H24N2OS/c1-24(2)16-25(3,17-10-5-4-6-11-17)18-12-9-13-19-22(18)28(24)23(29)26(19)27-20-14-7-8-15-21(20)30-26/h4-15,27H,16H2,1-3H3. The number of nitrogens with one attached hydrogen (secondary N) is 1. The van der Waals surface area contributed by atoms with E-state index in [-0.39, 0.29) is 16.9 Å². The molecule has 4 heteroatoms. The minimum absolute atomic E-state index is 0.145. The van der Waals surface area contributed by atoms with Crippen molar-refractivity contribution in [3.63, 3.8) is 0 Å². The highest BCUT2D eigenvalue weighted by Crippen LogP contribution is 2.63. The smallest absolute Gasteiger partial charge is 0.268 e. The molecule has 0 saturated carbocycles. The van der Waals surface area contributed by atoms with Gasteiger partial charge in [-0.3, -0.25) is 4.79 Å². The van der Waals surface area contributed by atoms with Crippen molar-refractivity contribution in [1.29, 1.82) is 0 Å². The molecule has 0 bridgehead atoms. The molecular formula is C26H24N2OS. The average molecular weight is 413 g/mol. The molecule has 3 aliphatic rings. The molecule has 1 amide bonds. The second-order valence-corrected chi connectivity index (χ2v) is 10.7. The van der Waals surface area contributed by atoms with Crippen LogP contribution in [0.4, 0.5) is 11.4 Å². The largest absolute Gasteiger partial charge is 0.358 e. The Morgan fingerprint density at radius 2 is 1.57 bits per heavy atom.